The zero-order valence-corrected chi connectivity index (χ0v) is 28.3. The lowest BCUT2D eigenvalue weighted by molar-refractivity contribution is -0.151. The Kier molecular flexibility index (Phi) is 15.1. The summed E-state index contributed by atoms with van der Waals surface area (Å²) < 4.78 is 32.5. The molecule has 4 rings (SSSR count). The normalized spacial score (nSPS) is 12.6. The van der Waals surface area contributed by atoms with Gasteiger partial charge in [-0.3, -0.25) is 4.79 Å². The molecule has 3 aromatic carbocycles. The Morgan fingerprint density at radius 2 is 1.20 bits per heavy atom. The molecular formula is C40H44O10. The Labute approximate surface area is 293 Å². The Morgan fingerprint density at radius 3 is 1.84 bits per heavy atom. The number of esters is 4. The minimum Gasteiger partial charge on any atom is -0.494 e. The fraction of sp³-hybridized carbons (Fsp3) is 0.350. The molecule has 1 saturated carbocycles. The van der Waals surface area contributed by atoms with Crippen LogP contribution in [0, 0.1) is 0 Å². The lowest BCUT2D eigenvalue weighted by atomic mass is 9.98. The molecule has 10 nitrogen and oxygen atoms in total. The van der Waals surface area contributed by atoms with Gasteiger partial charge in [0.15, 0.2) is 0 Å². The van der Waals surface area contributed by atoms with Crippen LogP contribution in [0.5, 0.6) is 17.2 Å². The van der Waals surface area contributed by atoms with E-state index in [0.29, 0.717) is 49.7 Å². The van der Waals surface area contributed by atoms with E-state index in [-0.39, 0.29) is 24.7 Å². The van der Waals surface area contributed by atoms with Gasteiger partial charge in [-0.25, -0.2) is 14.4 Å². The fourth-order valence-corrected chi connectivity index (χ4v) is 5.11. The van der Waals surface area contributed by atoms with Crippen LogP contribution in [-0.4, -0.2) is 56.4 Å². The molecule has 0 radical (unpaired) electrons. The van der Waals surface area contributed by atoms with Crippen molar-refractivity contribution in [3.05, 3.63) is 103 Å². The van der Waals surface area contributed by atoms with Crippen molar-refractivity contribution in [2.24, 2.45) is 0 Å². The second kappa shape index (κ2) is 20.2. The van der Waals surface area contributed by atoms with Gasteiger partial charge < -0.3 is 28.4 Å². The van der Waals surface area contributed by atoms with Gasteiger partial charge in [0.05, 0.1) is 38.4 Å². The highest BCUT2D eigenvalue weighted by Gasteiger charge is 2.20. The maximum absolute atomic E-state index is 12.7. The molecule has 0 amide bonds. The fourth-order valence-electron chi connectivity index (χ4n) is 5.11. The summed E-state index contributed by atoms with van der Waals surface area (Å²) in [5.74, 6) is -0.308. The molecule has 50 heavy (non-hydrogen) atoms. The number of hydrogen-bond donors (Lipinski definition) is 0. The van der Waals surface area contributed by atoms with Crippen molar-refractivity contribution in [3.63, 3.8) is 0 Å². The molecule has 0 spiro atoms. The first-order chi connectivity index (χ1) is 24.3. The second-order valence-corrected chi connectivity index (χ2v) is 11.8. The first-order valence-electron chi connectivity index (χ1n) is 16.9. The van der Waals surface area contributed by atoms with E-state index in [0.717, 1.165) is 61.5 Å². The summed E-state index contributed by atoms with van der Waals surface area (Å²) in [6, 6.07) is 21.4. The largest absolute Gasteiger partial charge is 0.494 e. The zero-order valence-electron chi connectivity index (χ0n) is 28.3. The third-order valence-corrected chi connectivity index (χ3v) is 7.85. The maximum Gasteiger partial charge on any atom is 0.343 e. The maximum atomic E-state index is 12.7. The van der Waals surface area contributed by atoms with E-state index >= 15 is 0 Å². The van der Waals surface area contributed by atoms with Crippen LogP contribution in [-0.2, 0) is 28.6 Å². The number of carbonyl (C=O) groups excluding carboxylic acids is 4. The molecule has 0 atom stereocenters. The standard InChI is InChI=1S/C40H44O10/c1-3-37(41)47-25-8-7-24-45-33-18-16-31(17-19-33)30-12-14-32(15-13-30)40(44)50-36-22-20-34(21-23-36)46-26-9-27-48-39(43)29(2)28-38(42)49-35-10-5-4-6-11-35/h3,12-23,35H,1-2,4-11,24-28H2. The Hall–Kier alpha value is -5.38. The van der Waals surface area contributed by atoms with Gasteiger partial charge >= 0.3 is 23.9 Å². The second-order valence-electron chi connectivity index (χ2n) is 11.8. The molecule has 1 fully saturated rings. The lowest BCUT2D eigenvalue weighted by Gasteiger charge is -2.21. The van der Waals surface area contributed by atoms with Crippen molar-refractivity contribution in [3.8, 4) is 28.4 Å². The van der Waals surface area contributed by atoms with Gasteiger partial charge in [0, 0.05) is 18.1 Å². The Morgan fingerprint density at radius 1 is 0.660 bits per heavy atom. The van der Waals surface area contributed by atoms with Crippen molar-refractivity contribution in [1.82, 2.24) is 0 Å². The van der Waals surface area contributed by atoms with Crippen LogP contribution in [0.1, 0.15) is 68.1 Å². The predicted octanol–water partition coefficient (Wildman–Crippen LogP) is 7.60. The topological polar surface area (TPSA) is 124 Å². The summed E-state index contributed by atoms with van der Waals surface area (Å²) in [5.41, 5.74) is 2.39. The highest BCUT2D eigenvalue weighted by molar-refractivity contribution is 5.93. The SMILES string of the molecule is C=CC(=O)OCCCCOc1ccc(-c2ccc(C(=O)Oc3ccc(OCCCOC(=O)C(=C)CC(=O)OC4CCCCC4)cc3)cc2)cc1. The van der Waals surface area contributed by atoms with Crippen LogP contribution in [0.3, 0.4) is 0 Å². The van der Waals surface area contributed by atoms with Gasteiger partial charge in [-0.05, 0) is 98.2 Å². The summed E-state index contributed by atoms with van der Waals surface area (Å²) in [6.45, 7) is 8.28. The minimum absolute atomic E-state index is 0.0681. The van der Waals surface area contributed by atoms with Crippen LogP contribution < -0.4 is 14.2 Å². The molecule has 3 aromatic rings. The van der Waals surface area contributed by atoms with Crippen molar-refractivity contribution < 1.29 is 47.6 Å². The number of carbonyl (C=O) groups is 4. The number of benzene rings is 3. The lowest BCUT2D eigenvalue weighted by Crippen LogP contribution is -2.22. The molecule has 0 aromatic heterocycles. The van der Waals surface area contributed by atoms with Crippen LogP contribution >= 0.6 is 0 Å². The van der Waals surface area contributed by atoms with Crippen LogP contribution in [0.2, 0.25) is 0 Å². The Bertz CT molecular complexity index is 1570. The van der Waals surface area contributed by atoms with E-state index < -0.39 is 23.9 Å². The first-order valence-corrected chi connectivity index (χ1v) is 16.9. The molecule has 0 bridgehead atoms. The molecule has 0 saturated heterocycles. The van der Waals surface area contributed by atoms with Crippen LogP contribution in [0.4, 0.5) is 0 Å². The number of unbranched alkanes of at least 4 members (excludes halogenated alkanes) is 1. The van der Waals surface area contributed by atoms with Crippen molar-refractivity contribution in [2.75, 3.05) is 26.4 Å². The van der Waals surface area contributed by atoms with E-state index in [1.54, 1.807) is 36.4 Å². The third kappa shape index (κ3) is 12.9. The predicted molar refractivity (Wildman–Crippen MR) is 187 cm³/mol. The third-order valence-electron chi connectivity index (χ3n) is 7.85. The van der Waals surface area contributed by atoms with Gasteiger partial charge in [0.1, 0.15) is 23.4 Å². The summed E-state index contributed by atoms with van der Waals surface area (Å²) >= 11 is 0. The molecule has 1 aliphatic carbocycles. The highest BCUT2D eigenvalue weighted by atomic mass is 16.6. The molecule has 1 aliphatic rings. The van der Waals surface area contributed by atoms with Crippen molar-refractivity contribution in [1.29, 1.82) is 0 Å². The summed E-state index contributed by atoms with van der Waals surface area (Å²) in [5, 5.41) is 0. The number of hydrogen-bond acceptors (Lipinski definition) is 10. The monoisotopic (exact) mass is 684 g/mol. The Balaban J connectivity index is 1.10. The van der Waals surface area contributed by atoms with E-state index in [1.165, 1.54) is 0 Å². The summed E-state index contributed by atoms with van der Waals surface area (Å²) in [6.07, 6.45) is 7.78. The van der Waals surface area contributed by atoms with E-state index in [4.69, 9.17) is 28.4 Å². The molecular weight excluding hydrogens is 640 g/mol. The van der Waals surface area contributed by atoms with Crippen LogP contribution in [0.25, 0.3) is 11.1 Å². The van der Waals surface area contributed by atoms with Gasteiger partial charge in [-0.15, -0.1) is 0 Å². The molecule has 0 unspecified atom stereocenters. The van der Waals surface area contributed by atoms with E-state index in [2.05, 4.69) is 13.2 Å². The van der Waals surface area contributed by atoms with Gasteiger partial charge in [0.25, 0.3) is 0 Å². The molecule has 0 aliphatic heterocycles. The molecule has 10 heteroatoms. The first kappa shape index (κ1) is 37.4. The van der Waals surface area contributed by atoms with E-state index in [1.807, 2.05) is 36.4 Å². The minimum atomic E-state index is -0.623. The summed E-state index contributed by atoms with van der Waals surface area (Å²) in [7, 11) is 0. The quantitative estimate of drug-likeness (QED) is 0.0410. The van der Waals surface area contributed by atoms with Gasteiger partial charge in [0.2, 0.25) is 0 Å². The van der Waals surface area contributed by atoms with Gasteiger partial charge in [-0.1, -0.05) is 43.8 Å². The smallest absolute Gasteiger partial charge is 0.343 e. The van der Waals surface area contributed by atoms with E-state index in [9.17, 15) is 19.2 Å². The molecule has 264 valence electrons. The average Bonchev–Trinajstić information content (AvgIpc) is 3.14. The number of rotatable bonds is 19. The molecule has 0 N–H and O–H groups in total. The average molecular weight is 685 g/mol. The van der Waals surface area contributed by atoms with Crippen molar-refractivity contribution in [2.45, 2.75) is 63.9 Å². The highest BCUT2D eigenvalue weighted by Crippen LogP contribution is 2.25. The zero-order chi connectivity index (χ0) is 35.6. The molecule has 0 heterocycles. The van der Waals surface area contributed by atoms with Crippen molar-refractivity contribution >= 4 is 23.9 Å². The van der Waals surface area contributed by atoms with Crippen LogP contribution in [0.15, 0.2) is 97.6 Å². The summed E-state index contributed by atoms with van der Waals surface area (Å²) in [4.78, 5) is 48.0. The van der Waals surface area contributed by atoms with Gasteiger partial charge in [-0.2, -0.15) is 0 Å². The number of ether oxygens (including phenoxy) is 6.